The highest BCUT2D eigenvalue weighted by Gasteiger charge is 2.17. The summed E-state index contributed by atoms with van der Waals surface area (Å²) in [5.41, 5.74) is 7.10. The number of aromatic nitrogens is 2. The van der Waals surface area contributed by atoms with Gasteiger partial charge in [0.1, 0.15) is 0 Å². The van der Waals surface area contributed by atoms with Gasteiger partial charge >= 0.3 is 0 Å². The molecule has 1 unspecified atom stereocenters. The van der Waals surface area contributed by atoms with Crippen molar-refractivity contribution in [2.45, 2.75) is 38.3 Å². The van der Waals surface area contributed by atoms with E-state index in [1.807, 2.05) is 10.9 Å². The molecule has 2 heterocycles. The summed E-state index contributed by atoms with van der Waals surface area (Å²) in [4.78, 5) is 0. The molecule has 84 valence electrons. The summed E-state index contributed by atoms with van der Waals surface area (Å²) in [5.74, 6) is 0. The van der Waals surface area contributed by atoms with Gasteiger partial charge in [-0.25, -0.2) is 0 Å². The molecule has 0 amide bonds. The van der Waals surface area contributed by atoms with Gasteiger partial charge in [0, 0.05) is 31.0 Å². The van der Waals surface area contributed by atoms with E-state index < -0.39 is 0 Å². The molecule has 2 N–H and O–H groups in total. The largest absolute Gasteiger partial charge is 0.381 e. The second-order valence-corrected chi connectivity index (χ2v) is 4.11. The van der Waals surface area contributed by atoms with Crippen LogP contribution in [-0.2, 0) is 4.74 Å². The Morgan fingerprint density at radius 3 is 3.00 bits per heavy atom. The van der Waals surface area contributed by atoms with Crippen molar-refractivity contribution in [3.05, 3.63) is 18.0 Å². The number of ether oxygens (including phenoxy) is 1. The number of nitrogens with two attached hydrogens (primary N) is 1. The molecule has 15 heavy (non-hydrogen) atoms. The molecule has 0 saturated carbocycles. The monoisotopic (exact) mass is 209 g/mol. The molecule has 1 atom stereocenters. The smallest absolute Gasteiger partial charge is 0.0563 e. The summed E-state index contributed by atoms with van der Waals surface area (Å²) in [6, 6.07) is 0.621. The number of nitrogens with zero attached hydrogens (tertiary/aromatic N) is 2. The van der Waals surface area contributed by atoms with E-state index in [1.54, 1.807) is 0 Å². The first-order valence-electron chi connectivity index (χ1n) is 5.68. The van der Waals surface area contributed by atoms with E-state index in [2.05, 4.69) is 18.2 Å². The third-order valence-corrected chi connectivity index (χ3v) is 3.05. The van der Waals surface area contributed by atoms with E-state index in [-0.39, 0.29) is 6.04 Å². The fraction of sp³-hybridized carbons (Fsp3) is 0.727. The fourth-order valence-electron chi connectivity index (χ4n) is 1.93. The summed E-state index contributed by atoms with van der Waals surface area (Å²) in [6.07, 6.45) is 7.05. The summed E-state index contributed by atoms with van der Waals surface area (Å²) < 4.78 is 7.38. The van der Waals surface area contributed by atoms with Crippen molar-refractivity contribution in [2.24, 2.45) is 5.73 Å². The van der Waals surface area contributed by atoms with Crippen LogP contribution in [0.3, 0.4) is 0 Å². The lowest BCUT2D eigenvalue weighted by Crippen LogP contribution is -2.19. The lowest BCUT2D eigenvalue weighted by molar-refractivity contribution is 0.0662. The molecular weight excluding hydrogens is 190 g/mol. The van der Waals surface area contributed by atoms with Gasteiger partial charge in [-0.2, -0.15) is 5.10 Å². The average Bonchev–Trinajstić information content (AvgIpc) is 2.78. The summed E-state index contributed by atoms with van der Waals surface area (Å²) >= 11 is 0. The summed E-state index contributed by atoms with van der Waals surface area (Å²) in [5, 5.41) is 4.39. The second-order valence-electron chi connectivity index (χ2n) is 4.11. The Morgan fingerprint density at radius 2 is 2.33 bits per heavy atom. The molecule has 1 aliphatic rings. The third-order valence-electron chi connectivity index (χ3n) is 3.05. The lowest BCUT2D eigenvalue weighted by Gasteiger charge is -2.22. The lowest BCUT2D eigenvalue weighted by atomic mass is 10.1. The first kappa shape index (κ1) is 10.6. The van der Waals surface area contributed by atoms with Gasteiger partial charge in [-0.1, -0.05) is 6.92 Å². The second kappa shape index (κ2) is 4.77. The fourth-order valence-corrected chi connectivity index (χ4v) is 1.93. The molecule has 1 aromatic heterocycles. The first-order chi connectivity index (χ1) is 7.31. The minimum Gasteiger partial charge on any atom is -0.381 e. The molecule has 0 spiro atoms. The molecule has 1 fully saturated rings. The Kier molecular flexibility index (Phi) is 3.38. The topological polar surface area (TPSA) is 53.1 Å². The molecule has 2 rings (SSSR count). The Balaban J connectivity index is 2.05. The van der Waals surface area contributed by atoms with Crippen LogP contribution in [0.4, 0.5) is 0 Å². The Hall–Kier alpha value is -0.870. The molecule has 1 saturated heterocycles. The van der Waals surface area contributed by atoms with Crippen molar-refractivity contribution in [1.29, 1.82) is 0 Å². The number of rotatable bonds is 3. The van der Waals surface area contributed by atoms with E-state index in [9.17, 15) is 0 Å². The van der Waals surface area contributed by atoms with Crippen molar-refractivity contribution in [3.63, 3.8) is 0 Å². The molecule has 0 radical (unpaired) electrons. The van der Waals surface area contributed by atoms with Crippen molar-refractivity contribution in [3.8, 4) is 0 Å². The van der Waals surface area contributed by atoms with Gasteiger partial charge in [-0.15, -0.1) is 0 Å². The van der Waals surface area contributed by atoms with Crippen LogP contribution in [0.2, 0.25) is 0 Å². The van der Waals surface area contributed by atoms with Crippen molar-refractivity contribution < 1.29 is 4.74 Å². The molecule has 4 nitrogen and oxygen atoms in total. The molecule has 1 aromatic rings. The quantitative estimate of drug-likeness (QED) is 0.823. The Labute approximate surface area is 90.4 Å². The predicted molar refractivity (Wildman–Crippen MR) is 58.5 cm³/mol. The maximum absolute atomic E-state index is 5.96. The highest BCUT2D eigenvalue weighted by atomic mass is 16.5. The van der Waals surface area contributed by atoms with E-state index in [1.165, 1.54) is 0 Å². The number of hydrogen-bond donors (Lipinski definition) is 1. The van der Waals surface area contributed by atoms with E-state index in [0.29, 0.717) is 6.04 Å². The van der Waals surface area contributed by atoms with Crippen LogP contribution in [0.5, 0.6) is 0 Å². The van der Waals surface area contributed by atoms with Crippen LogP contribution in [-0.4, -0.2) is 23.0 Å². The maximum Gasteiger partial charge on any atom is 0.0563 e. The van der Waals surface area contributed by atoms with Gasteiger partial charge in [-0.3, -0.25) is 4.68 Å². The third kappa shape index (κ3) is 2.38. The summed E-state index contributed by atoms with van der Waals surface area (Å²) in [7, 11) is 0. The minimum atomic E-state index is 0.124. The SMILES string of the molecule is CCC(N)c1cnn(C2CCOCC2)c1. The molecule has 0 aliphatic carbocycles. The van der Waals surface area contributed by atoms with E-state index >= 15 is 0 Å². The van der Waals surface area contributed by atoms with Crippen LogP contribution < -0.4 is 5.73 Å². The molecule has 0 aromatic carbocycles. The van der Waals surface area contributed by atoms with Crippen molar-refractivity contribution in [1.82, 2.24) is 9.78 Å². The van der Waals surface area contributed by atoms with Crippen LogP contribution in [0.1, 0.15) is 43.8 Å². The highest BCUT2D eigenvalue weighted by molar-refractivity contribution is 5.09. The zero-order chi connectivity index (χ0) is 10.7. The van der Waals surface area contributed by atoms with Gasteiger partial charge in [0.25, 0.3) is 0 Å². The van der Waals surface area contributed by atoms with Crippen LogP contribution in [0.25, 0.3) is 0 Å². The first-order valence-corrected chi connectivity index (χ1v) is 5.68. The van der Waals surface area contributed by atoms with Gasteiger partial charge in [0.2, 0.25) is 0 Å². The standard InChI is InChI=1S/C11H19N3O/c1-2-11(12)9-7-13-14(8-9)10-3-5-15-6-4-10/h7-8,10-11H,2-6,12H2,1H3. The van der Waals surface area contributed by atoms with Gasteiger partial charge in [0.15, 0.2) is 0 Å². The van der Waals surface area contributed by atoms with E-state index in [0.717, 1.165) is 38.0 Å². The van der Waals surface area contributed by atoms with Crippen LogP contribution in [0, 0.1) is 0 Å². The van der Waals surface area contributed by atoms with Crippen molar-refractivity contribution in [2.75, 3.05) is 13.2 Å². The van der Waals surface area contributed by atoms with Crippen LogP contribution >= 0.6 is 0 Å². The van der Waals surface area contributed by atoms with Crippen molar-refractivity contribution >= 4 is 0 Å². The zero-order valence-corrected chi connectivity index (χ0v) is 9.22. The highest BCUT2D eigenvalue weighted by Crippen LogP contribution is 2.22. The minimum absolute atomic E-state index is 0.124. The average molecular weight is 209 g/mol. The summed E-state index contributed by atoms with van der Waals surface area (Å²) in [6.45, 7) is 3.79. The molecular formula is C11H19N3O. The normalized spacial score (nSPS) is 20.4. The van der Waals surface area contributed by atoms with E-state index in [4.69, 9.17) is 10.5 Å². The van der Waals surface area contributed by atoms with Crippen LogP contribution in [0.15, 0.2) is 12.4 Å². The van der Waals surface area contributed by atoms with Gasteiger partial charge in [-0.05, 0) is 19.3 Å². The Bertz CT molecular complexity index is 305. The maximum atomic E-state index is 5.96. The van der Waals surface area contributed by atoms with Gasteiger partial charge in [0.05, 0.1) is 12.2 Å². The number of hydrogen-bond acceptors (Lipinski definition) is 3. The molecule has 1 aliphatic heterocycles. The Morgan fingerprint density at radius 1 is 1.60 bits per heavy atom. The predicted octanol–water partition coefficient (Wildman–Crippen LogP) is 1.64. The van der Waals surface area contributed by atoms with Gasteiger partial charge < -0.3 is 10.5 Å². The molecule has 4 heteroatoms. The zero-order valence-electron chi connectivity index (χ0n) is 9.22. The molecule has 0 bridgehead atoms.